The van der Waals surface area contributed by atoms with Crippen molar-refractivity contribution in [3.63, 3.8) is 0 Å². The summed E-state index contributed by atoms with van der Waals surface area (Å²) in [5, 5.41) is 0. The van der Waals surface area contributed by atoms with Gasteiger partial charge in [0.05, 0.1) is 5.60 Å². The fourth-order valence-electron chi connectivity index (χ4n) is 1.88. The molecule has 0 fully saturated rings. The van der Waals surface area contributed by atoms with Crippen molar-refractivity contribution >= 4 is 18.0 Å². The third-order valence-electron chi connectivity index (χ3n) is 3.18. The maximum atomic E-state index is 9.94. The lowest BCUT2D eigenvalue weighted by molar-refractivity contribution is -0.105. The molecular weight excluding hydrogens is 292 g/mol. The molecule has 0 amide bonds. The number of carbonyl (C=O) groups is 1. The van der Waals surface area contributed by atoms with Crippen molar-refractivity contribution in [1.29, 1.82) is 0 Å². The summed E-state index contributed by atoms with van der Waals surface area (Å²) in [6, 6.07) is 8.66. The van der Waals surface area contributed by atoms with Crippen LogP contribution < -0.4 is 0 Å². The Kier molecular flexibility index (Phi) is 10.1. The molecule has 0 N–H and O–H groups in total. The lowest BCUT2D eigenvalue weighted by atomic mass is 9.99. The molecule has 0 heterocycles. The number of allylic oxidation sites excluding steroid dienone is 1. The lowest BCUT2D eigenvalue weighted by Gasteiger charge is -2.22. The normalized spacial score (nSPS) is 10.9. The molecule has 0 bridgehead atoms. The number of hydrogen-bond donors (Lipinski definition) is 0. The van der Waals surface area contributed by atoms with Gasteiger partial charge in [0.15, 0.2) is 0 Å². The maximum absolute atomic E-state index is 9.94. The van der Waals surface area contributed by atoms with Gasteiger partial charge in [-0.15, -0.1) is 11.8 Å². The average molecular weight is 323 g/mol. The van der Waals surface area contributed by atoms with Gasteiger partial charge in [0.1, 0.15) is 6.29 Å². The molecule has 0 aliphatic carbocycles. The van der Waals surface area contributed by atoms with Gasteiger partial charge in [-0.25, -0.2) is 0 Å². The van der Waals surface area contributed by atoms with Gasteiger partial charge in [-0.05, 0) is 55.7 Å². The summed E-state index contributed by atoms with van der Waals surface area (Å²) in [4.78, 5) is 11.3. The first-order valence-corrected chi connectivity index (χ1v) is 8.77. The highest BCUT2D eigenvalue weighted by atomic mass is 32.2. The summed E-state index contributed by atoms with van der Waals surface area (Å²) in [6.45, 7) is 11.9. The van der Waals surface area contributed by atoms with Crippen LogP contribution in [-0.2, 0) is 16.0 Å². The molecule has 0 atom stereocenters. The first-order valence-electron chi connectivity index (χ1n) is 7.55. The zero-order valence-electron chi connectivity index (χ0n) is 14.8. The molecule has 1 rings (SSSR count). The van der Waals surface area contributed by atoms with Gasteiger partial charge < -0.3 is 4.74 Å². The molecule has 22 heavy (non-hydrogen) atoms. The number of benzene rings is 1. The topological polar surface area (TPSA) is 26.3 Å². The number of carbonyl (C=O) groups excluding carboxylic acids is 1. The zero-order valence-corrected chi connectivity index (χ0v) is 15.6. The van der Waals surface area contributed by atoms with Crippen LogP contribution in [0.15, 0.2) is 41.3 Å². The third kappa shape index (κ3) is 9.80. The summed E-state index contributed by atoms with van der Waals surface area (Å²) in [6.07, 6.45) is 4.69. The van der Waals surface area contributed by atoms with E-state index < -0.39 is 0 Å². The van der Waals surface area contributed by atoms with Crippen LogP contribution in [0.3, 0.4) is 0 Å². The fourth-order valence-corrected chi connectivity index (χ4v) is 2.29. The Labute approximate surface area is 140 Å². The highest BCUT2D eigenvalue weighted by Gasteiger charge is 2.16. The number of aldehydes is 1. The molecule has 0 saturated heterocycles. The van der Waals surface area contributed by atoms with E-state index in [2.05, 4.69) is 64.8 Å². The van der Waals surface area contributed by atoms with E-state index in [1.807, 2.05) is 0 Å². The van der Waals surface area contributed by atoms with Crippen molar-refractivity contribution in [1.82, 2.24) is 0 Å². The van der Waals surface area contributed by atoms with Crippen molar-refractivity contribution in [2.45, 2.75) is 51.0 Å². The van der Waals surface area contributed by atoms with Crippen LogP contribution in [-0.4, -0.2) is 25.3 Å². The smallest absolute Gasteiger partial charge is 0.145 e. The van der Waals surface area contributed by atoms with Crippen LogP contribution in [0.4, 0.5) is 0 Å². The summed E-state index contributed by atoms with van der Waals surface area (Å²) >= 11 is 1.77. The lowest BCUT2D eigenvalue weighted by Crippen LogP contribution is -2.25. The number of thioether (sulfide) groups is 1. The molecule has 2 nitrogen and oxygen atoms in total. The first kappa shape index (κ1) is 20.9. The molecule has 124 valence electrons. The molecule has 0 aliphatic rings. The van der Waals surface area contributed by atoms with Crippen molar-refractivity contribution in [3.8, 4) is 0 Å². The van der Waals surface area contributed by atoms with Crippen LogP contribution in [0.5, 0.6) is 0 Å². The van der Waals surface area contributed by atoms with Gasteiger partial charge in [0, 0.05) is 18.4 Å². The van der Waals surface area contributed by atoms with E-state index in [-0.39, 0.29) is 5.60 Å². The summed E-state index contributed by atoms with van der Waals surface area (Å²) in [5.41, 5.74) is 1.95. The monoisotopic (exact) mass is 322 g/mol. The van der Waals surface area contributed by atoms with Gasteiger partial charge in [-0.2, -0.15) is 0 Å². The van der Waals surface area contributed by atoms with Crippen LogP contribution in [0.25, 0.3) is 0 Å². The second kappa shape index (κ2) is 10.6. The highest BCUT2D eigenvalue weighted by molar-refractivity contribution is 7.98. The van der Waals surface area contributed by atoms with E-state index in [9.17, 15) is 4.79 Å². The molecule has 3 heteroatoms. The Morgan fingerprint density at radius 1 is 1.32 bits per heavy atom. The Bertz CT molecular complexity index is 447. The number of rotatable bonds is 7. The highest BCUT2D eigenvalue weighted by Crippen LogP contribution is 2.19. The van der Waals surface area contributed by atoms with Crippen LogP contribution in [0, 0.1) is 5.92 Å². The number of hydrogen-bond acceptors (Lipinski definition) is 3. The zero-order chi connectivity index (χ0) is 17.2. The summed E-state index contributed by atoms with van der Waals surface area (Å²) < 4.78 is 5.39. The predicted octanol–water partition coefficient (Wildman–Crippen LogP) is 5.16. The Morgan fingerprint density at radius 2 is 1.86 bits per heavy atom. The minimum Gasteiger partial charge on any atom is -0.378 e. The molecule has 0 saturated carbocycles. The van der Waals surface area contributed by atoms with E-state index >= 15 is 0 Å². The van der Waals surface area contributed by atoms with E-state index in [1.54, 1.807) is 18.9 Å². The predicted molar refractivity (Wildman–Crippen MR) is 97.7 cm³/mol. The fraction of sp³-hybridized carbons (Fsp3) is 0.526. The standard InChI is InChI=1S/C12H18OS.C7H12O/c1-12(2,13-3)9-10-5-7-11(14-4)8-6-10;1-6(2)4-7(3)5-8/h5-8H,9H2,1-4H3;5-6H,3-4H2,1-2H3. The molecule has 0 unspecified atom stereocenters. The van der Waals surface area contributed by atoms with Gasteiger partial charge in [0.25, 0.3) is 0 Å². The summed E-state index contributed by atoms with van der Waals surface area (Å²) in [7, 11) is 1.76. The van der Waals surface area contributed by atoms with Crippen LogP contribution >= 0.6 is 11.8 Å². The maximum Gasteiger partial charge on any atom is 0.145 e. The molecule has 0 radical (unpaired) electrons. The molecule has 1 aromatic carbocycles. The number of methoxy groups -OCH3 is 1. The Balaban J connectivity index is 0.000000472. The Hall–Kier alpha value is -1.06. The second-order valence-electron chi connectivity index (χ2n) is 6.36. The van der Waals surface area contributed by atoms with Crippen LogP contribution in [0.2, 0.25) is 0 Å². The largest absolute Gasteiger partial charge is 0.378 e. The van der Waals surface area contributed by atoms with Crippen molar-refractivity contribution in [2.75, 3.05) is 13.4 Å². The first-order chi connectivity index (χ1) is 10.2. The summed E-state index contributed by atoms with van der Waals surface area (Å²) in [5.74, 6) is 0.549. The van der Waals surface area contributed by atoms with Gasteiger partial charge in [-0.1, -0.05) is 32.6 Å². The SMILES string of the molecule is C=C(C=O)CC(C)C.COC(C)(C)Cc1ccc(SC)cc1. The molecule has 0 spiro atoms. The Morgan fingerprint density at radius 3 is 2.18 bits per heavy atom. The molecule has 1 aromatic rings. The van der Waals surface area contributed by atoms with Gasteiger partial charge in [-0.3, -0.25) is 4.79 Å². The van der Waals surface area contributed by atoms with Crippen molar-refractivity contribution < 1.29 is 9.53 Å². The second-order valence-corrected chi connectivity index (χ2v) is 7.24. The molecular formula is C19H30O2S. The van der Waals surface area contributed by atoms with Gasteiger partial charge >= 0.3 is 0 Å². The van der Waals surface area contributed by atoms with E-state index in [0.29, 0.717) is 11.5 Å². The van der Waals surface area contributed by atoms with Gasteiger partial charge in [0.2, 0.25) is 0 Å². The quantitative estimate of drug-likeness (QED) is 0.394. The van der Waals surface area contributed by atoms with Crippen LogP contribution in [0.1, 0.15) is 39.7 Å². The van der Waals surface area contributed by atoms with Crippen molar-refractivity contribution in [3.05, 3.63) is 42.0 Å². The van der Waals surface area contributed by atoms with E-state index in [4.69, 9.17) is 4.74 Å². The minimum atomic E-state index is -0.0686. The molecule has 0 aliphatic heterocycles. The van der Waals surface area contributed by atoms with E-state index in [1.165, 1.54) is 10.5 Å². The van der Waals surface area contributed by atoms with Crippen molar-refractivity contribution in [2.24, 2.45) is 5.92 Å². The van der Waals surface area contributed by atoms with E-state index in [0.717, 1.165) is 19.1 Å². The third-order valence-corrected chi connectivity index (χ3v) is 3.92. The minimum absolute atomic E-state index is 0.0686. The number of ether oxygens (including phenoxy) is 1. The molecule has 0 aromatic heterocycles. The average Bonchev–Trinajstić information content (AvgIpc) is 2.47.